The van der Waals surface area contributed by atoms with Crippen molar-refractivity contribution in [2.45, 2.75) is 0 Å². The molecule has 3 aromatic carbocycles. The van der Waals surface area contributed by atoms with Crippen molar-refractivity contribution >= 4 is 56.8 Å². The molecule has 0 spiro atoms. The van der Waals surface area contributed by atoms with Crippen LogP contribution in [0.1, 0.15) is 10.4 Å². The number of methoxy groups -OCH3 is 2. The van der Waals surface area contributed by atoms with E-state index in [9.17, 15) is 4.79 Å². The van der Waals surface area contributed by atoms with Crippen molar-refractivity contribution in [2.75, 3.05) is 19.1 Å². The van der Waals surface area contributed by atoms with Gasteiger partial charge in [-0.3, -0.25) is 4.79 Å². The fourth-order valence-electron chi connectivity index (χ4n) is 3.64. The molecule has 0 saturated carbocycles. The highest BCUT2D eigenvalue weighted by Gasteiger charge is 2.18. The van der Waals surface area contributed by atoms with Crippen LogP contribution in [0.5, 0.6) is 11.5 Å². The number of aromatic nitrogens is 2. The number of rotatable bonds is 7. The van der Waals surface area contributed by atoms with E-state index < -0.39 is 0 Å². The molecule has 0 radical (unpaired) electrons. The maximum Gasteiger partial charge on any atom is 0.152 e. The molecule has 0 amide bonds. The molecule has 33 heavy (non-hydrogen) atoms. The molecule has 164 valence electrons. The lowest BCUT2D eigenvalue weighted by atomic mass is 10.1. The van der Waals surface area contributed by atoms with E-state index in [0.717, 1.165) is 61.8 Å². The molecule has 6 nitrogen and oxygen atoms in total. The SMILES string of the molecule is COc1ccc(N(c2ccc(OC)cc2)c2ccc(-c3ccc(C=O)c4nsnc34)s2)cc1. The van der Waals surface area contributed by atoms with Crippen LogP contribution in [0.25, 0.3) is 21.5 Å². The summed E-state index contributed by atoms with van der Waals surface area (Å²) in [6.07, 6.45) is 0.822. The van der Waals surface area contributed by atoms with E-state index in [-0.39, 0.29) is 0 Å². The van der Waals surface area contributed by atoms with Gasteiger partial charge in [0.2, 0.25) is 0 Å². The van der Waals surface area contributed by atoms with Crippen LogP contribution in [0.3, 0.4) is 0 Å². The molecule has 5 aromatic rings. The van der Waals surface area contributed by atoms with Crippen LogP contribution in [-0.4, -0.2) is 29.3 Å². The van der Waals surface area contributed by atoms with Crippen molar-refractivity contribution in [1.29, 1.82) is 0 Å². The zero-order chi connectivity index (χ0) is 22.8. The number of hydrogen-bond donors (Lipinski definition) is 0. The van der Waals surface area contributed by atoms with Crippen LogP contribution in [0.4, 0.5) is 16.4 Å². The standard InChI is InChI=1S/C25H19N3O3S2/c1-30-19-8-4-17(5-9-19)28(18-6-10-20(31-2)11-7-18)23-14-13-22(32-23)21-12-3-16(15-29)24-25(21)27-33-26-24/h3-15H,1-2H3. The van der Waals surface area contributed by atoms with Crippen LogP contribution >= 0.6 is 23.1 Å². The summed E-state index contributed by atoms with van der Waals surface area (Å²) in [5, 5.41) is 1.04. The summed E-state index contributed by atoms with van der Waals surface area (Å²) >= 11 is 2.76. The highest BCUT2D eigenvalue weighted by atomic mass is 32.1. The summed E-state index contributed by atoms with van der Waals surface area (Å²) in [6, 6.07) is 23.8. The van der Waals surface area contributed by atoms with E-state index in [1.807, 2.05) is 54.6 Å². The van der Waals surface area contributed by atoms with Crippen molar-refractivity contribution in [3.05, 3.63) is 78.4 Å². The topological polar surface area (TPSA) is 64.6 Å². The number of hydrogen-bond acceptors (Lipinski definition) is 8. The number of nitrogens with zero attached hydrogens (tertiary/aromatic N) is 3. The lowest BCUT2D eigenvalue weighted by Crippen LogP contribution is -2.08. The Kier molecular flexibility index (Phi) is 5.77. The normalized spacial score (nSPS) is 10.8. The lowest BCUT2D eigenvalue weighted by molar-refractivity contribution is 0.112. The molecule has 0 aliphatic heterocycles. The third-order valence-electron chi connectivity index (χ3n) is 5.31. The summed E-state index contributed by atoms with van der Waals surface area (Å²) in [5.41, 5.74) is 4.92. The van der Waals surface area contributed by atoms with Gasteiger partial charge in [-0.05, 0) is 66.7 Å². The zero-order valence-electron chi connectivity index (χ0n) is 17.9. The van der Waals surface area contributed by atoms with Gasteiger partial charge in [0.1, 0.15) is 27.5 Å². The molecule has 0 bridgehead atoms. The van der Waals surface area contributed by atoms with E-state index in [4.69, 9.17) is 9.47 Å². The predicted molar refractivity (Wildman–Crippen MR) is 134 cm³/mol. The largest absolute Gasteiger partial charge is 0.497 e. The second-order valence-electron chi connectivity index (χ2n) is 7.15. The maximum absolute atomic E-state index is 11.4. The van der Waals surface area contributed by atoms with Gasteiger partial charge in [0.05, 0.1) is 25.9 Å². The van der Waals surface area contributed by atoms with Crippen LogP contribution in [-0.2, 0) is 0 Å². The number of anilines is 3. The molecular weight excluding hydrogens is 454 g/mol. The van der Waals surface area contributed by atoms with Gasteiger partial charge in [-0.15, -0.1) is 11.3 Å². The third kappa shape index (κ3) is 3.94. The zero-order valence-corrected chi connectivity index (χ0v) is 19.5. The minimum Gasteiger partial charge on any atom is -0.497 e. The van der Waals surface area contributed by atoms with E-state index in [1.165, 1.54) is 0 Å². The van der Waals surface area contributed by atoms with Gasteiger partial charge >= 0.3 is 0 Å². The summed E-state index contributed by atoms with van der Waals surface area (Å²) in [6.45, 7) is 0. The van der Waals surface area contributed by atoms with Gasteiger partial charge < -0.3 is 14.4 Å². The van der Waals surface area contributed by atoms with Crippen LogP contribution < -0.4 is 14.4 Å². The molecule has 0 aliphatic rings. The van der Waals surface area contributed by atoms with Gasteiger partial charge in [-0.1, -0.05) is 6.07 Å². The molecule has 0 saturated heterocycles. The number of carbonyl (C=O) groups excluding carboxylic acids is 1. The van der Waals surface area contributed by atoms with Crippen molar-refractivity contribution in [3.8, 4) is 21.9 Å². The molecule has 0 N–H and O–H groups in total. The molecule has 0 fully saturated rings. The summed E-state index contributed by atoms with van der Waals surface area (Å²) in [4.78, 5) is 14.6. The van der Waals surface area contributed by atoms with Gasteiger partial charge in [0.25, 0.3) is 0 Å². The smallest absolute Gasteiger partial charge is 0.152 e. The van der Waals surface area contributed by atoms with E-state index in [0.29, 0.717) is 11.1 Å². The second kappa shape index (κ2) is 9.01. The van der Waals surface area contributed by atoms with E-state index in [2.05, 4.69) is 25.8 Å². The fourth-order valence-corrected chi connectivity index (χ4v) is 5.29. The van der Waals surface area contributed by atoms with Gasteiger partial charge in [-0.25, -0.2) is 0 Å². The predicted octanol–water partition coefficient (Wildman–Crippen LogP) is 6.72. The monoisotopic (exact) mass is 473 g/mol. The first-order chi connectivity index (χ1) is 16.2. The first-order valence-electron chi connectivity index (χ1n) is 10.1. The fraction of sp³-hybridized carbons (Fsp3) is 0.0800. The molecule has 0 atom stereocenters. The van der Waals surface area contributed by atoms with Crippen molar-refractivity contribution in [3.63, 3.8) is 0 Å². The summed E-state index contributed by atoms with van der Waals surface area (Å²) < 4.78 is 19.4. The Labute approximate surface area is 199 Å². The average Bonchev–Trinajstić information content (AvgIpc) is 3.55. The molecular formula is C25H19N3O3S2. The van der Waals surface area contributed by atoms with Crippen LogP contribution in [0, 0.1) is 0 Å². The minimum atomic E-state index is 0.553. The van der Waals surface area contributed by atoms with Gasteiger partial charge in [0.15, 0.2) is 6.29 Å². The molecule has 0 aliphatic carbocycles. The molecule has 8 heteroatoms. The third-order valence-corrected chi connectivity index (χ3v) is 6.94. The second-order valence-corrected chi connectivity index (χ2v) is 8.74. The maximum atomic E-state index is 11.4. The molecule has 5 rings (SSSR count). The van der Waals surface area contributed by atoms with Crippen LogP contribution in [0.15, 0.2) is 72.8 Å². The Morgan fingerprint density at radius 2 is 1.36 bits per heavy atom. The number of ether oxygens (including phenoxy) is 2. The number of carbonyl (C=O) groups is 1. The van der Waals surface area contributed by atoms with Crippen LogP contribution in [0.2, 0.25) is 0 Å². The first-order valence-corrected chi connectivity index (χ1v) is 11.7. The number of benzene rings is 3. The Bertz CT molecular complexity index is 1360. The molecule has 2 heterocycles. The van der Waals surface area contributed by atoms with Crippen molar-refractivity contribution in [2.24, 2.45) is 0 Å². The Morgan fingerprint density at radius 3 is 1.94 bits per heavy atom. The number of aldehydes is 1. The lowest BCUT2D eigenvalue weighted by Gasteiger charge is -2.24. The van der Waals surface area contributed by atoms with Gasteiger partial charge in [0, 0.05) is 27.4 Å². The van der Waals surface area contributed by atoms with Crippen molar-refractivity contribution < 1.29 is 14.3 Å². The van der Waals surface area contributed by atoms with Gasteiger partial charge in [-0.2, -0.15) is 8.75 Å². The highest BCUT2D eigenvalue weighted by molar-refractivity contribution is 7.19. The first kappa shape index (κ1) is 21.1. The van der Waals surface area contributed by atoms with Crippen molar-refractivity contribution in [1.82, 2.24) is 8.75 Å². The number of fused-ring (bicyclic) bond motifs is 1. The Hall–Kier alpha value is -3.75. The Morgan fingerprint density at radius 1 is 0.758 bits per heavy atom. The Balaban J connectivity index is 1.60. The van der Waals surface area contributed by atoms with E-state index in [1.54, 1.807) is 31.6 Å². The minimum absolute atomic E-state index is 0.553. The van der Waals surface area contributed by atoms with E-state index >= 15 is 0 Å². The number of thiophene rings is 1. The molecule has 0 unspecified atom stereocenters. The summed E-state index contributed by atoms with van der Waals surface area (Å²) in [7, 11) is 3.32. The quantitative estimate of drug-likeness (QED) is 0.245. The summed E-state index contributed by atoms with van der Waals surface area (Å²) in [5.74, 6) is 1.60. The average molecular weight is 474 g/mol. The highest BCUT2D eigenvalue weighted by Crippen LogP contribution is 2.43. The molecule has 2 aromatic heterocycles.